The van der Waals surface area contributed by atoms with Gasteiger partial charge < -0.3 is 9.84 Å². The minimum atomic E-state index is 0.720. The van der Waals surface area contributed by atoms with Gasteiger partial charge in [0.25, 0.3) is 0 Å². The monoisotopic (exact) mass is 208 g/mol. The van der Waals surface area contributed by atoms with Gasteiger partial charge >= 0.3 is 0 Å². The van der Waals surface area contributed by atoms with E-state index in [0.29, 0.717) is 0 Å². The average molecular weight is 208 g/mol. The van der Waals surface area contributed by atoms with Crippen LogP contribution in [0.4, 0.5) is 0 Å². The van der Waals surface area contributed by atoms with Crippen LogP contribution in [-0.2, 0) is 11.3 Å². The van der Waals surface area contributed by atoms with E-state index < -0.39 is 0 Å². The normalized spacial score (nSPS) is 8.93. The molecule has 0 spiro atoms. The zero-order valence-electron chi connectivity index (χ0n) is 9.36. The first-order valence-electron chi connectivity index (χ1n) is 5.11. The average Bonchev–Trinajstić information content (AvgIpc) is 2.33. The molecule has 2 heteroatoms. The summed E-state index contributed by atoms with van der Waals surface area (Å²) in [5.74, 6) is 0. The fourth-order valence-electron chi connectivity index (χ4n) is 1.09. The number of aliphatic hydroxyl groups excluding tert-OH is 1. The number of hydrogen-bond acceptors (Lipinski definition) is 2. The predicted octanol–water partition coefficient (Wildman–Crippen LogP) is 2.78. The van der Waals surface area contributed by atoms with Crippen LogP contribution >= 0.6 is 0 Å². The minimum Gasteiger partial charge on any atom is -0.400 e. The molecule has 1 N–H and O–H groups in total. The molecule has 1 aromatic carbocycles. The van der Waals surface area contributed by atoms with Crippen molar-refractivity contribution in [2.24, 2.45) is 0 Å². The predicted molar refractivity (Wildman–Crippen MR) is 63.7 cm³/mol. The second kappa shape index (κ2) is 11.0. The van der Waals surface area contributed by atoms with Gasteiger partial charge in [-0.2, -0.15) is 0 Å². The number of rotatable bonds is 6. The third-order valence-corrected chi connectivity index (χ3v) is 1.81. The van der Waals surface area contributed by atoms with E-state index in [9.17, 15) is 0 Å². The second-order valence-corrected chi connectivity index (χ2v) is 2.97. The molecule has 1 aromatic rings. The Labute approximate surface area is 92.2 Å². The van der Waals surface area contributed by atoms with Crippen molar-refractivity contribution < 1.29 is 9.84 Å². The van der Waals surface area contributed by atoms with E-state index in [1.54, 1.807) is 0 Å². The summed E-state index contributed by atoms with van der Waals surface area (Å²) < 4.78 is 5.47. The van der Waals surface area contributed by atoms with E-state index in [1.807, 2.05) is 24.3 Å². The first-order chi connectivity index (χ1) is 7.43. The zero-order valence-corrected chi connectivity index (χ0v) is 9.36. The number of benzene rings is 1. The topological polar surface area (TPSA) is 29.5 Å². The molecule has 84 valence electrons. The van der Waals surface area contributed by atoms with E-state index in [4.69, 9.17) is 9.84 Å². The molecule has 0 fully saturated rings. The zero-order chi connectivity index (χ0) is 11.4. The summed E-state index contributed by atoms with van der Waals surface area (Å²) in [6.45, 7) is 5.20. The Kier molecular flexibility index (Phi) is 10.1. The molecule has 0 heterocycles. The van der Waals surface area contributed by atoms with Crippen molar-refractivity contribution in [2.75, 3.05) is 13.7 Å². The van der Waals surface area contributed by atoms with Gasteiger partial charge in [-0.25, -0.2) is 0 Å². The maximum absolute atomic E-state index is 7.00. The summed E-state index contributed by atoms with van der Waals surface area (Å²) in [7, 11) is 1.00. The lowest BCUT2D eigenvalue weighted by atomic mass is 10.2. The Morgan fingerprint density at radius 1 is 1.27 bits per heavy atom. The molecule has 0 aliphatic rings. The van der Waals surface area contributed by atoms with Crippen LogP contribution in [0.2, 0.25) is 0 Å². The van der Waals surface area contributed by atoms with Crippen molar-refractivity contribution in [1.29, 1.82) is 0 Å². The number of ether oxygens (including phenoxy) is 1. The van der Waals surface area contributed by atoms with Crippen LogP contribution in [-0.4, -0.2) is 18.8 Å². The SMILES string of the molecule is C=CCCCOCc1ccccc1.CO. The molecule has 0 saturated carbocycles. The van der Waals surface area contributed by atoms with Gasteiger partial charge in [0.1, 0.15) is 0 Å². The first-order valence-corrected chi connectivity index (χ1v) is 5.11. The van der Waals surface area contributed by atoms with Crippen LogP contribution in [0.5, 0.6) is 0 Å². The van der Waals surface area contributed by atoms with Crippen LogP contribution in [0.1, 0.15) is 18.4 Å². The molecule has 0 radical (unpaired) electrons. The van der Waals surface area contributed by atoms with Crippen LogP contribution in [0, 0.1) is 0 Å². The van der Waals surface area contributed by atoms with Gasteiger partial charge in [-0.05, 0) is 18.4 Å². The molecular formula is C13H20O2. The largest absolute Gasteiger partial charge is 0.400 e. The Balaban J connectivity index is 0.000000921. The summed E-state index contributed by atoms with van der Waals surface area (Å²) in [6, 6.07) is 10.2. The molecular weight excluding hydrogens is 188 g/mol. The van der Waals surface area contributed by atoms with E-state index in [-0.39, 0.29) is 0 Å². The number of hydrogen-bond donors (Lipinski definition) is 1. The lowest BCUT2D eigenvalue weighted by molar-refractivity contribution is 0.119. The molecule has 1 rings (SSSR count). The summed E-state index contributed by atoms with van der Waals surface area (Å²) in [6.07, 6.45) is 4.02. The lowest BCUT2D eigenvalue weighted by Gasteiger charge is -2.02. The Hall–Kier alpha value is -1.12. The van der Waals surface area contributed by atoms with Gasteiger partial charge in [-0.3, -0.25) is 0 Å². The molecule has 0 aliphatic heterocycles. The molecule has 0 amide bonds. The van der Waals surface area contributed by atoms with E-state index in [0.717, 1.165) is 33.2 Å². The number of allylic oxidation sites excluding steroid dienone is 1. The Bertz CT molecular complexity index is 232. The molecule has 0 aromatic heterocycles. The van der Waals surface area contributed by atoms with Crippen molar-refractivity contribution >= 4 is 0 Å². The number of aliphatic hydroxyl groups is 1. The molecule has 0 bridgehead atoms. The van der Waals surface area contributed by atoms with Crippen molar-refractivity contribution in [3.63, 3.8) is 0 Å². The molecule has 2 nitrogen and oxygen atoms in total. The molecule has 15 heavy (non-hydrogen) atoms. The molecule has 0 atom stereocenters. The van der Waals surface area contributed by atoms with Gasteiger partial charge in [0, 0.05) is 13.7 Å². The fraction of sp³-hybridized carbons (Fsp3) is 0.385. The number of unbranched alkanes of at least 4 members (excludes halogenated alkanes) is 1. The van der Waals surface area contributed by atoms with Crippen LogP contribution in [0.3, 0.4) is 0 Å². The van der Waals surface area contributed by atoms with Gasteiger partial charge in [-0.1, -0.05) is 36.4 Å². The van der Waals surface area contributed by atoms with Gasteiger partial charge in [0.15, 0.2) is 0 Å². The van der Waals surface area contributed by atoms with Gasteiger partial charge in [0.2, 0.25) is 0 Å². The van der Waals surface area contributed by atoms with E-state index in [1.165, 1.54) is 5.56 Å². The highest BCUT2D eigenvalue weighted by Gasteiger charge is 1.90. The maximum Gasteiger partial charge on any atom is 0.0716 e. The summed E-state index contributed by atoms with van der Waals surface area (Å²) in [5.41, 5.74) is 1.24. The minimum absolute atomic E-state index is 0.720. The van der Waals surface area contributed by atoms with Crippen LogP contribution in [0.15, 0.2) is 43.0 Å². The van der Waals surface area contributed by atoms with Crippen molar-refractivity contribution in [2.45, 2.75) is 19.4 Å². The maximum atomic E-state index is 7.00. The highest BCUT2D eigenvalue weighted by molar-refractivity contribution is 5.13. The second-order valence-electron chi connectivity index (χ2n) is 2.97. The summed E-state index contributed by atoms with van der Waals surface area (Å²) >= 11 is 0. The molecule has 0 aliphatic carbocycles. The van der Waals surface area contributed by atoms with E-state index in [2.05, 4.69) is 18.7 Å². The van der Waals surface area contributed by atoms with E-state index >= 15 is 0 Å². The van der Waals surface area contributed by atoms with Crippen molar-refractivity contribution in [3.8, 4) is 0 Å². The Morgan fingerprint density at radius 3 is 2.53 bits per heavy atom. The first kappa shape index (κ1) is 13.9. The van der Waals surface area contributed by atoms with Crippen LogP contribution < -0.4 is 0 Å². The summed E-state index contributed by atoms with van der Waals surface area (Å²) in [5, 5.41) is 7.00. The highest BCUT2D eigenvalue weighted by Crippen LogP contribution is 2.01. The Morgan fingerprint density at radius 2 is 1.93 bits per heavy atom. The quantitative estimate of drug-likeness (QED) is 0.575. The van der Waals surface area contributed by atoms with Crippen molar-refractivity contribution in [3.05, 3.63) is 48.6 Å². The van der Waals surface area contributed by atoms with Gasteiger partial charge in [0.05, 0.1) is 6.61 Å². The van der Waals surface area contributed by atoms with Crippen LogP contribution in [0.25, 0.3) is 0 Å². The molecule has 0 saturated heterocycles. The third-order valence-electron chi connectivity index (χ3n) is 1.81. The highest BCUT2D eigenvalue weighted by atomic mass is 16.5. The standard InChI is InChI=1S/C12H16O.CH4O/c1-2-3-7-10-13-11-12-8-5-4-6-9-12;1-2/h2,4-6,8-9H,1,3,7,10-11H2;2H,1H3. The van der Waals surface area contributed by atoms with Crippen molar-refractivity contribution in [1.82, 2.24) is 0 Å². The fourth-order valence-corrected chi connectivity index (χ4v) is 1.09. The smallest absolute Gasteiger partial charge is 0.0716 e. The van der Waals surface area contributed by atoms with Gasteiger partial charge in [-0.15, -0.1) is 6.58 Å². The molecule has 0 unspecified atom stereocenters. The third kappa shape index (κ3) is 7.91. The lowest BCUT2D eigenvalue weighted by Crippen LogP contribution is -1.94. The summed E-state index contributed by atoms with van der Waals surface area (Å²) in [4.78, 5) is 0.